The van der Waals surface area contributed by atoms with Gasteiger partial charge in [0.25, 0.3) is 0 Å². The third-order valence-electron chi connectivity index (χ3n) is 2.65. The van der Waals surface area contributed by atoms with Crippen LogP contribution in [0.5, 0.6) is 5.75 Å². The molecule has 6 heteroatoms. The minimum atomic E-state index is -0.124. The van der Waals surface area contributed by atoms with Gasteiger partial charge in [-0.3, -0.25) is 9.48 Å². The summed E-state index contributed by atoms with van der Waals surface area (Å²) in [6.07, 6.45) is 1.66. The van der Waals surface area contributed by atoms with Gasteiger partial charge in [0.05, 0.1) is 6.54 Å². The lowest BCUT2D eigenvalue weighted by molar-refractivity contribution is -0.121. The van der Waals surface area contributed by atoms with Crippen LogP contribution in [-0.4, -0.2) is 28.8 Å². The number of aryl methyl sites for hydroxylation is 1. The molecule has 0 fully saturated rings. The number of benzene rings is 1. The van der Waals surface area contributed by atoms with Crippen molar-refractivity contribution in [1.82, 2.24) is 15.1 Å². The van der Waals surface area contributed by atoms with E-state index < -0.39 is 0 Å². The predicted molar refractivity (Wildman–Crippen MR) is 76.3 cm³/mol. The van der Waals surface area contributed by atoms with Gasteiger partial charge in [-0.25, -0.2) is 0 Å². The first-order valence-corrected chi connectivity index (χ1v) is 6.38. The Bertz CT molecular complexity index is 580. The first-order valence-electron chi connectivity index (χ1n) is 6.38. The predicted octanol–water partition coefficient (Wildman–Crippen LogP) is 0.969. The molecule has 3 N–H and O–H groups in total. The zero-order valence-electron chi connectivity index (χ0n) is 11.4. The maximum Gasteiger partial charge on any atom is 0.241 e. The van der Waals surface area contributed by atoms with Gasteiger partial charge >= 0.3 is 0 Å². The monoisotopic (exact) mass is 274 g/mol. The molecule has 0 spiro atoms. The third kappa shape index (κ3) is 4.31. The summed E-state index contributed by atoms with van der Waals surface area (Å²) in [6.45, 7) is 3.03. The summed E-state index contributed by atoms with van der Waals surface area (Å²) >= 11 is 0. The molecular weight excluding hydrogens is 256 g/mol. The van der Waals surface area contributed by atoms with Gasteiger partial charge in [-0.15, -0.1) is 0 Å². The molecule has 0 saturated heterocycles. The summed E-state index contributed by atoms with van der Waals surface area (Å²) in [5.74, 6) is 1.08. The van der Waals surface area contributed by atoms with Crippen molar-refractivity contribution >= 4 is 11.7 Å². The van der Waals surface area contributed by atoms with Crippen molar-refractivity contribution in [2.75, 3.05) is 18.9 Å². The summed E-state index contributed by atoms with van der Waals surface area (Å²) in [7, 11) is 0. The first kappa shape index (κ1) is 13.9. The molecule has 106 valence electrons. The lowest BCUT2D eigenvalue weighted by atomic mass is 10.2. The van der Waals surface area contributed by atoms with Crippen molar-refractivity contribution in [3.05, 3.63) is 42.1 Å². The Morgan fingerprint density at radius 3 is 3.00 bits per heavy atom. The van der Waals surface area contributed by atoms with Gasteiger partial charge < -0.3 is 15.8 Å². The maximum absolute atomic E-state index is 11.6. The molecule has 6 nitrogen and oxygen atoms in total. The number of carbonyl (C=O) groups is 1. The van der Waals surface area contributed by atoms with Crippen molar-refractivity contribution in [3.63, 3.8) is 0 Å². The molecule has 0 saturated carbocycles. The number of nitrogens with two attached hydrogens (primary N) is 1. The molecule has 2 aromatic rings. The summed E-state index contributed by atoms with van der Waals surface area (Å²) in [5.41, 5.74) is 6.61. The minimum Gasteiger partial charge on any atom is -0.492 e. The number of nitrogen functional groups attached to an aromatic ring is 1. The van der Waals surface area contributed by atoms with Gasteiger partial charge in [0, 0.05) is 6.20 Å². The molecule has 0 aliphatic rings. The molecule has 1 heterocycles. The molecule has 0 unspecified atom stereocenters. The quantitative estimate of drug-likeness (QED) is 0.769. The van der Waals surface area contributed by atoms with Crippen LogP contribution in [0.1, 0.15) is 5.56 Å². The second-order valence-electron chi connectivity index (χ2n) is 4.45. The van der Waals surface area contributed by atoms with Crippen LogP contribution in [0, 0.1) is 6.92 Å². The van der Waals surface area contributed by atoms with Crippen molar-refractivity contribution in [3.8, 4) is 5.75 Å². The minimum absolute atomic E-state index is 0.124. The van der Waals surface area contributed by atoms with E-state index in [9.17, 15) is 4.79 Å². The number of anilines is 1. The number of nitrogens with one attached hydrogen (secondary N) is 1. The maximum atomic E-state index is 11.6. The standard InChI is InChI=1S/C14H18N4O2/c1-11-3-2-4-12(9-11)20-8-6-16-14(19)10-18-7-5-13(15)17-18/h2-5,7,9H,6,8,10H2,1H3,(H2,15,17)(H,16,19). The Balaban J connectivity index is 1.67. The van der Waals surface area contributed by atoms with Crippen molar-refractivity contribution in [2.24, 2.45) is 0 Å². The number of aromatic nitrogens is 2. The molecule has 1 aromatic carbocycles. The van der Waals surface area contributed by atoms with Gasteiger partial charge in [0.1, 0.15) is 24.7 Å². The lowest BCUT2D eigenvalue weighted by Gasteiger charge is -2.08. The van der Waals surface area contributed by atoms with E-state index in [2.05, 4.69) is 10.4 Å². The fraction of sp³-hybridized carbons (Fsp3) is 0.286. The van der Waals surface area contributed by atoms with Gasteiger partial charge in [-0.1, -0.05) is 12.1 Å². The lowest BCUT2D eigenvalue weighted by Crippen LogP contribution is -2.31. The average molecular weight is 274 g/mol. The SMILES string of the molecule is Cc1cccc(OCCNC(=O)Cn2ccc(N)n2)c1. The third-order valence-corrected chi connectivity index (χ3v) is 2.65. The zero-order chi connectivity index (χ0) is 14.4. The molecule has 20 heavy (non-hydrogen) atoms. The topological polar surface area (TPSA) is 82.2 Å². The highest BCUT2D eigenvalue weighted by molar-refractivity contribution is 5.75. The Kier molecular flexibility index (Phi) is 4.60. The largest absolute Gasteiger partial charge is 0.492 e. The van der Waals surface area contributed by atoms with Crippen LogP contribution in [0.4, 0.5) is 5.82 Å². The number of nitrogens with zero attached hydrogens (tertiary/aromatic N) is 2. The van der Waals surface area contributed by atoms with Crippen LogP contribution in [0.3, 0.4) is 0 Å². The van der Waals surface area contributed by atoms with Crippen LogP contribution < -0.4 is 15.8 Å². The highest BCUT2D eigenvalue weighted by atomic mass is 16.5. The summed E-state index contributed by atoms with van der Waals surface area (Å²) < 4.78 is 7.03. The highest BCUT2D eigenvalue weighted by Crippen LogP contribution is 2.11. The Hall–Kier alpha value is -2.50. The summed E-state index contributed by atoms with van der Waals surface area (Å²) in [5, 5.41) is 6.70. The number of rotatable bonds is 6. The molecule has 0 aliphatic carbocycles. The van der Waals surface area contributed by atoms with Gasteiger partial charge in [-0.2, -0.15) is 5.10 Å². The zero-order valence-corrected chi connectivity index (χ0v) is 11.4. The number of ether oxygens (including phenoxy) is 1. The van der Waals surface area contributed by atoms with E-state index in [0.717, 1.165) is 11.3 Å². The van der Waals surface area contributed by atoms with Crippen molar-refractivity contribution < 1.29 is 9.53 Å². The van der Waals surface area contributed by atoms with Crippen LogP contribution in [0.15, 0.2) is 36.5 Å². The second-order valence-corrected chi connectivity index (χ2v) is 4.45. The van der Waals surface area contributed by atoms with E-state index in [1.54, 1.807) is 12.3 Å². The fourth-order valence-electron chi connectivity index (χ4n) is 1.73. The van der Waals surface area contributed by atoms with E-state index in [4.69, 9.17) is 10.5 Å². The number of hydrogen-bond acceptors (Lipinski definition) is 4. The van der Waals surface area contributed by atoms with E-state index in [-0.39, 0.29) is 12.5 Å². The normalized spacial score (nSPS) is 10.2. The first-order chi connectivity index (χ1) is 9.63. The van der Waals surface area contributed by atoms with Gasteiger partial charge in [0.2, 0.25) is 5.91 Å². The smallest absolute Gasteiger partial charge is 0.241 e. The van der Waals surface area contributed by atoms with Crippen molar-refractivity contribution in [1.29, 1.82) is 0 Å². The molecule has 0 aliphatic heterocycles. The highest BCUT2D eigenvalue weighted by Gasteiger charge is 2.03. The molecular formula is C14H18N4O2. The molecule has 0 atom stereocenters. The molecule has 1 amide bonds. The van der Waals surface area contributed by atoms with Crippen LogP contribution in [0.25, 0.3) is 0 Å². The Labute approximate surface area is 117 Å². The molecule has 2 rings (SSSR count). The second kappa shape index (κ2) is 6.60. The van der Waals surface area contributed by atoms with E-state index in [0.29, 0.717) is 19.0 Å². The van der Waals surface area contributed by atoms with E-state index in [1.807, 2.05) is 31.2 Å². The number of hydrogen-bond donors (Lipinski definition) is 2. The summed E-state index contributed by atoms with van der Waals surface area (Å²) in [6, 6.07) is 9.43. The van der Waals surface area contributed by atoms with Crippen LogP contribution in [-0.2, 0) is 11.3 Å². The van der Waals surface area contributed by atoms with Crippen LogP contribution >= 0.6 is 0 Å². The van der Waals surface area contributed by atoms with Gasteiger partial charge in [0.15, 0.2) is 0 Å². The summed E-state index contributed by atoms with van der Waals surface area (Å²) in [4.78, 5) is 11.6. The number of carbonyl (C=O) groups excluding carboxylic acids is 1. The molecule has 1 aromatic heterocycles. The Morgan fingerprint density at radius 1 is 1.45 bits per heavy atom. The molecule has 0 radical (unpaired) electrons. The van der Waals surface area contributed by atoms with Crippen LogP contribution in [0.2, 0.25) is 0 Å². The average Bonchev–Trinajstić information content (AvgIpc) is 2.80. The fourth-order valence-corrected chi connectivity index (χ4v) is 1.73. The molecule has 0 bridgehead atoms. The van der Waals surface area contributed by atoms with Crippen molar-refractivity contribution in [2.45, 2.75) is 13.5 Å². The number of amides is 1. The van der Waals surface area contributed by atoms with Gasteiger partial charge in [-0.05, 0) is 30.7 Å². The van der Waals surface area contributed by atoms with E-state index >= 15 is 0 Å². The van der Waals surface area contributed by atoms with E-state index in [1.165, 1.54) is 4.68 Å². The Morgan fingerprint density at radius 2 is 2.30 bits per heavy atom.